The SMILES string of the molecule is O=C(Nc1ccccc1)NC1c2ccccc2Oc2ccccc21. The number of urea groups is 1. The Morgan fingerprint density at radius 3 is 1.92 bits per heavy atom. The summed E-state index contributed by atoms with van der Waals surface area (Å²) in [4.78, 5) is 12.4. The quantitative estimate of drug-likeness (QED) is 0.720. The first-order valence-electron chi connectivity index (χ1n) is 7.79. The Bertz CT molecular complexity index is 832. The highest BCUT2D eigenvalue weighted by Crippen LogP contribution is 2.42. The third-order valence-electron chi connectivity index (χ3n) is 3.99. The Hall–Kier alpha value is -3.27. The van der Waals surface area contributed by atoms with Gasteiger partial charge in [-0.2, -0.15) is 0 Å². The predicted octanol–water partition coefficient (Wildman–Crippen LogP) is 4.70. The molecule has 4 rings (SSSR count). The van der Waals surface area contributed by atoms with Crippen molar-refractivity contribution in [2.24, 2.45) is 0 Å². The van der Waals surface area contributed by atoms with Crippen LogP contribution in [0.5, 0.6) is 11.5 Å². The minimum Gasteiger partial charge on any atom is -0.457 e. The van der Waals surface area contributed by atoms with Crippen molar-refractivity contribution in [3.05, 3.63) is 90.0 Å². The highest BCUT2D eigenvalue weighted by atomic mass is 16.5. The van der Waals surface area contributed by atoms with Crippen LogP contribution in [0.2, 0.25) is 0 Å². The minimum atomic E-state index is -0.255. The van der Waals surface area contributed by atoms with Gasteiger partial charge >= 0.3 is 6.03 Å². The molecule has 0 radical (unpaired) electrons. The molecule has 0 atom stereocenters. The van der Waals surface area contributed by atoms with Crippen molar-refractivity contribution in [2.75, 3.05) is 5.32 Å². The van der Waals surface area contributed by atoms with E-state index in [0.29, 0.717) is 0 Å². The fraction of sp³-hybridized carbons (Fsp3) is 0.0500. The number of carbonyl (C=O) groups is 1. The number of hydrogen-bond donors (Lipinski definition) is 2. The first kappa shape index (κ1) is 14.3. The van der Waals surface area contributed by atoms with E-state index >= 15 is 0 Å². The van der Waals surface area contributed by atoms with Gasteiger partial charge in [-0.15, -0.1) is 0 Å². The zero-order chi connectivity index (χ0) is 16.4. The Morgan fingerprint density at radius 2 is 1.29 bits per heavy atom. The second-order valence-corrected chi connectivity index (χ2v) is 5.58. The van der Waals surface area contributed by atoms with Gasteiger partial charge in [0, 0.05) is 16.8 Å². The fourth-order valence-corrected chi connectivity index (χ4v) is 2.89. The first-order valence-corrected chi connectivity index (χ1v) is 7.79. The van der Waals surface area contributed by atoms with Crippen molar-refractivity contribution < 1.29 is 9.53 Å². The summed E-state index contributed by atoms with van der Waals surface area (Å²) >= 11 is 0. The summed E-state index contributed by atoms with van der Waals surface area (Å²) in [6.45, 7) is 0. The molecular formula is C20H16N2O2. The fourth-order valence-electron chi connectivity index (χ4n) is 2.89. The van der Waals surface area contributed by atoms with Crippen LogP contribution >= 0.6 is 0 Å². The maximum atomic E-state index is 12.4. The first-order chi connectivity index (χ1) is 11.8. The molecule has 3 aromatic rings. The molecule has 24 heavy (non-hydrogen) atoms. The number of para-hydroxylation sites is 3. The molecule has 2 amide bonds. The molecule has 1 aliphatic heterocycles. The number of anilines is 1. The van der Waals surface area contributed by atoms with Crippen LogP contribution < -0.4 is 15.4 Å². The second-order valence-electron chi connectivity index (χ2n) is 5.58. The van der Waals surface area contributed by atoms with Gasteiger partial charge in [0.15, 0.2) is 0 Å². The number of rotatable bonds is 2. The van der Waals surface area contributed by atoms with Crippen LogP contribution in [0.25, 0.3) is 0 Å². The number of fused-ring (bicyclic) bond motifs is 2. The summed E-state index contributed by atoms with van der Waals surface area (Å²) in [7, 11) is 0. The maximum absolute atomic E-state index is 12.4. The summed E-state index contributed by atoms with van der Waals surface area (Å²) in [6.07, 6.45) is 0. The molecule has 1 heterocycles. The van der Waals surface area contributed by atoms with Crippen LogP contribution in [0.4, 0.5) is 10.5 Å². The third kappa shape index (κ3) is 2.70. The van der Waals surface area contributed by atoms with Crippen molar-refractivity contribution in [3.8, 4) is 11.5 Å². The number of amides is 2. The number of hydrogen-bond acceptors (Lipinski definition) is 2. The predicted molar refractivity (Wildman–Crippen MR) is 93.4 cm³/mol. The molecule has 4 nitrogen and oxygen atoms in total. The van der Waals surface area contributed by atoms with Crippen molar-refractivity contribution in [1.82, 2.24) is 5.32 Å². The lowest BCUT2D eigenvalue weighted by Gasteiger charge is -2.28. The van der Waals surface area contributed by atoms with Gasteiger partial charge in [0.05, 0.1) is 6.04 Å². The molecule has 0 bridgehead atoms. The lowest BCUT2D eigenvalue weighted by molar-refractivity contribution is 0.249. The summed E-state index contributed by atoms with van der Waals surface area (Å²) in [6, 6.07) is 24.4. The third-order valence-corrected chi connectivity index (χ3v) is 3.99. The molecule has 4 heteroatoms. The standard InChI is InChI=1S/C20H16N2O2/c23-20(21-14-8-2-1-3-9-14)22-19-15-10-4-6-12-17(15)24-18-13-7-5-11-16(18)19/h1-13,19H,(H2,21,22,23). The van der Waals surface area contributed by atoms with Crippen LogP contribution in [0.15, 0.2) is 78.9 Å². The van der Waals surface area contributed by atoms with Gasteiger partial charge < -0.3 is 15.4 Å². The number of nitrogens with one attached hydrogen (secondary N) is 2. The average molecular weight is 316 g/mol. The van der Waals surface area contributed by atoms with Crippen molar-refractivity contribution >= 4 is 11.7 Å². The summed E-state index contributed by atoms with van der Waals surface area (Å²) < 4.78 is 5.94. The highest BCUT2D eigenvalue weighted by molar-refractivity contribution is 5.90. The molecule has 0 aromatic heterocycles. The Kier molecular flexibility index (Phi) is 3.63. The molecule has 0 unspecified atom stereocenters. The zero-order valence-corrected chi connectivity index (χ0v) is 12.9. The van der Waals surface area contributed by atoms with Crippen LogP contribution in [0.3, 0.4) is 0 Å². The van der Waals surface area contributed by atoms with E-state index < -0.39 is 0 Å². The molecule has 0 fully saturated rings. The molecule has 0 saturated heterocycles. The lowest BCUT2D eigenvalue weighted by Crippen LogP contribution is -2.34. The van der Waals surface area contributed by atoms with E-state index in [1.807, 2.05) is 78.9 Å². The van der Waals surface area contributed by atoms with Crippen LogP contribution in [0, 0.1) is 0 Å². The Balaban J connectivity index is 1.64. The lowest BCUT2D eigenvalue weighted by atomic mass is 9.95. The molecule has 2 N–H and O–H groups in total. The monoisotopic (exact) mass is 316 g/mol. The normalized spacial score (nSPS) is 12.5. The molecular weight excluding hydrogens is 300 g/mol. The largest absolute Gasteiger partial charge is 0.457 e. The summed E-state index contributed by atoms with van der Waals surface area (Å²) in [5.41, 5.74) is 2.64. The summed E-state index contributed by atoms with van der Waals surface area (Å²) in [5.74, 6) is 1.53. The van der Waals surface area contributed by atoms with Crippen molar-refractivity contribution in [1.29, 1.82) is 0 Å². The van der Waals surface area contributed by atoms with E-state index in [0.717, 1.165) is 28.3 Å². The molecule has 0 aliphatic carbocycles. The van der Waals surface area contributed by atoms with Crippen LogP contribution in [-0.2, 0) is 0 Å². The smallest absolute Gasteiger partial charge is 0.319 e. The number of benzene rings is 3. The maximum Gasteiger partial charge on any atom is 0.319 e. The van der Waals surface area contributed by atoms with Gasteiger partial charge in [-0.05, 0) is 24.3 Å². The molecule has 0 spiro atoms. The van der Waals surface area contributed by atoms with Gasteiger partial charge in [-0.1, -0.05) is 54.6 Å². The van der Waals surface area contributed by atoms with Gasteiger partial charge in [0.25, 0.3) is 0 Å². The van der Waals surface area contributed by atoms with Gasteiger partial charge in [0.1, 0.15) is 11.5 Å². The molecule has 0 saturated carbocycles. The zero-order valence-electron chi connectivity index (χ0n) is 12.9. The number of carbonyl (C=O) groups excluding carboxylic acids is 1. The van der Waals surface area contributed by atoms with E-state index in [-0.39, 0.29) is 12.1 Å². The summed E-state index contributed by atoms with van der Waals surface area (Å²) in [5, 5.41) is 5.91. The Labute approximate surface area is 140 Å². The van der Waals surface area contributed by atoms with E-state index in [2.05, 4.69) is 10.6 Å². The minimum absolute atomic E-state index is 0.252. The molecule has 3 aromatic carbocycles. The highest BCUT2D eigenvalue weighted by Gasteiger charge is 2.27. The second kappa shape index (κ2) is 6.08. The van der Waals surface area contributed by atoms with Gasteiger partial charge in [0.2, 0.25) is 0 Å². The topological polar surface area (TPSA) is 50.4 Å². The molecule has 118 valence electrons. The van der Waals surface area contributed by atoms with Gasteiger partial charge in [-0.25, -0.2) is 4.79 Å². The van der Waals surface area contributed by atoms with Crippen molar-refractivity contribution in [3.63, 3.8) is 0 Å². The Morgan fingerprint density at radius 1 is 0.750 bits per heavy atom. The van der Waals surface area contributed by atoms with Gasteiger partial charge in [-0.3, -0.25) is 0 Å². The average Bonchev–Trinajstić information content (AvgIpc) is 2.62. The van der Waals surface area contributed by atoms with Crippen LogP contribution in [-0.4, -0.2) is 6.03 Å². The van der Waals surface area contributed by atoms with Crippen LogP contribution in [0.1, 0.15) is 17.2 Å². The van der Waals surface area contributed by atoms with E-state index in [9.17, 15) is 4.79 Å². The van der Waals surface area contributed by atoms with E-state index in [1.54, 1.807) is 0 Å². The van der Waals surface area contributed by atoms with Crippen molar-refractivity contribution in [2.45, 2.75) is 6.04 Å². The molecule has 1 aliphatic rings. The van der Waals surface area contributed by atoms with E-state index in [4.69, 9.17) is 4.74 Å². The number of ether oxygens (including phenoxy) is 1. The van der Waals surface area contributed by atoms with E-state index in [1.165, 1.54) is 0 Å².